The molecule has 1 aromatic rings. The number of hydrogen-bond acceptors (Lipinski definition) is 3. The largest absolute Gasteiger partial charge is 0.356 e. The molecule has 5 nitrogen and oxygen atoms in total. The molecule has 0 saturated carbocycles. The normalized spacial score (nSPS) is 26.9. The molecule has 2 aliphatic rings. The van der Waals surface area contributed by atoms with Gasteiger partial charge in [0, 0.05) is 44.3 Å². The maximum Gasteiger partial charge on any atom is 0.191 e. The molecule has 0 spiro atoms. The number of hydrogen-bond donors (Lipinski definition) is 2. The summed E-state index contributed by atoms with van der Waals surface area (Å²) in [6.45, 7) is 4.24. The molecule has 2 fully saturated rings. The predicted molar refractivity (Wildman–Crippen MR) is 119 cm³/mol. The molecule has 2 aliphatic heterocycles. The molecule has 2 bridgehead atoms. The molecule has 0 aromatic heterocycles. The van der Waals surface area contributed by atoms with E-state index in [1.807, 2.05) is 7.05 Å². The van der Waals surface area contributed by atoms with Crippen LogP contribution in [-0.4, -0.2) is 67.6 Å². The summed E-state index contributed by atoms with van der Waals surface area (Å²) < 4.78 is 0. The van der Waals surface area contributed by atoms with E-state index in [2.05, 4.69) is 76.8 Å². The molecule has 0 amide bonds. The molecule has 3 rings (SSSR count). The van der Waals surface area contributed by atoms with Gasteiger partial charge in [0.1, 0.15) is 0 Å². The summed E-state index contributed by atoms with van der Waals surface area (Å²) in [5, 5.41) is 7.24. The van der Waals surface area contributed by atoms with Crippen LogP contribution in [0, 0.1) is 0 Å². The van der Waals surface area contributed by atoms with Gasteiger partial charge >= 0.3 is 0 Å². The van der Waals surface area contributed by atoms with Crippen LogP contribution in [0.1, 0.15) is 51.0 Å². The summed E-state index contributed by atoms with van der Waals surface area (Å²) in [6, 6.07) is 13.3. The first-order valence-electron chi connectivity index (χ1n) is 11.0. The van der Waals surface area contributed by atoms with E-state index in [0.29, 0.717) is 12.1 Å². The molecule has 5 heteroatoms. The van der Waals surface area contributed by atoms with Crippen molar-refractivity contribution in [3.05, 3.63) is 35.9 Å². The topological polar surface area (TPSA) is 42.9 Å². The molecule has 28 heavy (non-hydrogen) atoms. The van der Waals surface area contributed by atoms with E-state index in [4.69, 9.17) is 0 Å². The van der Waals surface area contributed by atoms with Crippen LogP contribution in [0.3, 0.4) is 0 Å². The summed E-state index contributed by atoms with van der Waals surface area (Å²) in [5.74, 6) is 0.963. The van der Waals surface area contributed by atoms with Crippen LogP contribution in [0.2, 0.25) is 0 Å². The zero-order chi connectivity index (χ0) is 19.9. The average Bonchev–Trinajstić information content (AvgIpc) is 2.68. The first-order chi connectivity index (χ1) is 13.6. The van der Waals surface area contributed by atoms with E-state index in [1.54, 1.807) is 0 Å². The Morgan fingerprint density at radius 2 is 1.89 bits per heavy atom. The van der Waals surface area contributed by atoms with Crippen molar-refractivity contribution >= 4 is 5.96 Å². The van der Waals surface area contributed by atoms with E-state index in [9.17, 15) is 0 Å². The van der Waals surface area contributed by atoms with Gasteiger partial charge in [-0.25, -0.2) is 0 Å². The smallest absolute Gasteiger partial charge is 0.191 e. The quantitative estimate of drug-likeness (QED) is 0.559. The molecule has 2 heterocycles. The maximum absolute atomic E-state index is 4.47. The lowest BCUT2D eigenvalue weighted by atomic mass is 9.82. The van der Waals surface area contributed by atoms with Crippen molar-refractivity contribution in [3.8, 4) is 0 Å². The number of rotatable bonds is 7. The van der Waals surface area contributed by atoms with E-state index >= 15 is 0 Å². The lowest BCUT2D eigenvalue weighted by Gasteiger charge is -2.47. The van der Waals surface area contributed by atoms with Crippen LogP contribution in [0.4, 0.5) is 0 Å². The molecule has 156 valence electrons. The third-order valence-electron chi connectivity index (χ3n) is 6.79. The Hall–Kier alpha value is -1.59. The van der Waals surface area contributed by atoms with E-state index in [1.165, 1.54) is 37.7 Å². The van der Waals surface area contributed by atoms with Gasteiger partial charge in [0.15, 0.2) is 5.96 Å². The highest BCUT2D eigenvalue weighted by atomic mass is 15.2. The van der Waals surface area contributed by atoms with Crippen LogP contribution >= 0.6 is 0 Å². The fraction of sp³-hybridized carbons (Fsp3) is 0.696. The van der Waals surface area contributed by atoms with Gasteiger partial charge in [-0.2, -0.15) is 0 Å². The van der Waals surface area contributed by atoms with E-state index in [-0.39, 0.29) is 0 Å². The lowest BCUT2D eigenvalue weighted by Crippen LogP contribution is -2.56. The number of guanidine groups is 1. The second-order valence-corrected chi connectivity index (χ2v) is 8.75. The lowest BCUT2D eigenvalue weighted by molar-refractivity contribution is 0.0526. The zero-order valence-corrected chi connectivity index (χ0v) is 18.2. The van der Waals surface area contributed by atoms with Crippen LogP contribution in [0.25, 0.3) is 0 Å². The Balaban J connectivity index is 1.39. The number of piperidine rings is 2. The Bertz CT molecular complexity index is 603. The Morgan fingerprint density at radius 3 is 2.54 bits per heavy atom. The SMILES string of the molecule is CN=C(NCCC(C)N(C)Cc1ccccc1)NC1CC2CCCC(C1)N2C. The second kappa shape index (κ2) is 10.3. The molecule has 2 saturated heterocycles. The van der Waals surface area contributed by atoms with Crippen molar-refractivity contribution in [3.63, 3.8) is 0 Å². The number of fused-ring (bicyclic) bond motifs is 2. The second-order valence-electron chi connectivity index (χ2n) is 8.75. The molecular formula is C23H39N5. The number of nitrogens with zero attached hydrogens (tertiary/aromatic N) is 3. The van der Waals surface area contributed by atoms with Crippen molar-refractivity contribution < 1.29 is 0 Å². The van der Waals surface area contributed by atoms with Gasteiger partial charge in [-0.3, -0.25) is 9.89 Å². The highest BCUT2D eigenvalue weighted by Crippen LogP contribution is 2.32. The van der Waals surface area contributed by atoms with Gasteiger partial charge < -0.3 is 15.5 Å². The Morgan fingerprint density at radius 1 is 1.21 bits per heavy atom. The minimum atomic E-state index is 0.522. The minimum absolute atomic E-state index is 0.522. The molecule has 3 atom stereocenters. The first-order valence-corrected chi connectivity index (χ1v) is 11.0. The number of nitrogens with one attached hydrogen (secondary N) is 2. The minimum Gasteiger partial charge on any atom is -0.356 e. The summed E-state index contributed by atoms with van der Waals surface area (Å²) in [4.78, 5) is 9.51. The summed E-state index contributed by atoms with van der Waals surface area (Å²) in [7, 11) is 6.41. The van der Waals surface area contributed by atoms with Gasteiger partial charge in [0.2, 0.25) is 0 Å². The van der Waals surface area contributed by atoms with E-state index in [0.717, 1.165) is 37.6 Å². The molecule has 3 unspecified atom stereocenters. The standard InChI is InChI=1S/C23H39N5/c1-18(27(3)17-19-9-6-5-7-10-19)13-14-25-23(24-2)26-20-15-21-11-8-12-22(16-20)28(21)4/h5-7,9-10,18,20-22H,8,11-17H2,1-4H3,(H2,24,25,26). The fourth-order valence-corrected chi connectivity index (χ4v) is 4.77. The van der Waals surface area contributed by atoms with Crippen LogP contribution in [-0.2, 0) is 6.54 Å². The Kier molecular flexibility index (Phi) is 7.74. The summed E-state index contributed by atoms with van der Waals surface area (Å²) in [6.07, 6.45) is 7.68. The van der Waals surface area contributed by atoms with Gasteiger partial charge in [-0.15, -0.1) is 0 Å². The van der Waals surface area contributed by atoms with Gasteiger partial charge in [-0.1, -0.05) is 36.8 Å². The molecule has 1 aromatic carbocycles. The van der Waals surface area contributed by atoms with Crippen molar-refractivity contribution in [2.75, 3.05) is 27.7 Å². The summed E-state index contributed by atoms with van der Waals surface area (Å²) >= 11 is 0. The fourth-order valence-electron chi connectivity index (χ4n) is 4.77. The van der Waals surface area contributed by atoms with Crippen LogP contribution in [0.15, 0.2) is 35.3 Å². The maximum atomic E-state index is 4.47. The highest BCUT2D eigenvalue weighted by molar-refractivity contribution is 5.79. The number of benzene rings is 1. The van der Waals surface area contributed by atoms with Gasteiger partial charge in [0.25, 0.3) is 0 Å². The Labute approximate surface area is 171 Å². The van der Waals surface area contributed by atoms with Crippen molar-refractivity contribution in [2.24, 2.45) is 4.99 Å². The van der Waals surface area contributed by atoms with Gasteiger partial charge in [-0.05, 0) is 58.7 Å². The third kappa shape index (κ3) is 5.71. The van der Waals surface area contributed by atoms with Crippen molar-refractivity contribution in [1.82, 2.24) is 20.4 Å². The van der Waals surface area contributed by atoms with Crippen LogP contribution < -0.4 is 10.6 Å². The average molecular weight is 386 g/mol. The van der Waals surface area contributed by atoms with Crippen LogP contribution in [0.5, 0.6) is 0 Å². The van der Waals surface area contributed by atoms with Crippen molar-refractivity contribution in [1.29, 1.82) is 0 Å². The molecule has 2 N–H and O–H groups in total. The summed E-state index contributed by atoms with van der Waals surface area (Å²) in [5.41, 5.74) is 1.37. The molecular weight excluding hydrogens is 346 g/mol. The molecule has 0 aliphatic carbocycles. The number of aliphatic imine (C=N–C) groups is 1. The molecule has 0 radical (unpaired) electrons. The van der Waals surface area contributed by atoms with Crippen molar-refractivity contribution in [2.45, 2.75) is 76.2 Å². The van der Waals surface area contributed by atoms with E-state index < -0.39 is 0 Å². The first kappa shape index (κ1) is 21.1. The zero-order valence-electron chi connectivity index (χ0n) is 18.2. The third-order valence-corrected chi connectivity index (χ3v) is 6.79. The van der Waals surface area contributed by atoms with Gasteiger partial charge in [0.05, 0.1) is 0 Å². The monoisotopic (exact) mass is 385 g/mol. The highest BCUT2D eigenvalue weighted by Gasteiger charge is 2.36. The predicted octanol–water partition coefficient (Wildman–Crippen LogP) is 3.08.